The van der Waals surface area contributed by atoms with Crippen LogP contribution in [0, 0.1) is 0 Å². The molecule has 0 bridgehead atoms. The second kappa shape index (κ2) is 10.9. The average Bonchev–Trinajstić information content (AvgIpc) is 2.46. The minimum absolute atomic E-state index is 0.0129. The second-order valence-electron chi connectivity index (χ2n) is 4.11. The van der Waals surface area contributed by atoms with E-state index < -0.39 is 0 Å². The van der Waals surface area contributed by atoms with E-state index in [0.717, 1.165) is 18.4 Å². The molecule has 0 rings (SSSR count). The van der Waals surface area contributed by atoms with Crippen molar-refractivity contribution in [2.45, 2.75) is 25.9 Å². The molecule has 0 aromatic heterocycles. The molecule has 0 aromatic carbocycles. The van der Waals surface area contributed by atoms with Gasteiger partial charge in [-0.2, -0.15) is 0 Å². The third-order valence-corrected chi connectivity index (χ3v) is 2.60. The molecule has 0 aliphatic carbocycles. The molecule has 1 atom stereocenters. The zero-order valence-electron chi connectivity index (χ0n) is 12.3. The smallest absolute Gasteiger partial charge is 0.289 e. The van der Waals surface area contributed by atoms with Crippen LogP contribution in [-0.4, -0.2) is 38.2 Å². The summed E-state index contributed by atoms with van der Waals surface area (Å²) in [7, 11) is 1.66. The van der Waals surface area contributed by atoms with E-state index in [1.165, 1.54) is 6.20 Å². The predicted molar refractivity (Wildman–Crippen MR) is 84.2 cm³/mol. The Morgan fingerprint density at radius 2 is 2.15 bits per heavy atom. The molecule has 0 aliphatic rings. The van der Waals surface area contributed by atoms with Gasteiger partial charge in [0.25, 0.3) is 5.91 Å². The molecule has 0 heterocycles. The van der Waals surface area contributed by atoms with Crippen LogP contribution in [0.5, 0.6) is 0 Å². The van der Waals surface area contributed by atoms with Crippen molar-refractivity contribution in [3.8, 4) is 0 Å². The van der Waals surface area contributed by atoms with Crippen LogP contribution < -0.4 is 5.32 Å². The molecule has 0 spiro atoms. The Labute approximate surface area is 120 Å². The van der Waals surface area contributed by atoms with E-state index in [9.17, 15) is 4.79 Å². The van der Waals surface area contributed by atoms with Crippen molar-refractivity contribution in [1.82, 2.24) is 5.32 Å². The minimum atomic E-state index is -0.367. The first-order valence-corrected chi connectivity index (χ1v) is 6.33. The molecule has 110 valence electrons. The van der Waals surface area contributed by atoms with Gasteiger partial charge in [-0.05, 0) is 26.5 Å². The van der Waals surface area contributed by atoms with E-state index >= 15 is 0 Å². The Morgan fingerprint density at radius 1 is 1.45 bits per heavy atom. The minimum Gasteiger partial charge on any atom is -0.377 e. The molecule has 20 heavy (non-hydrogen) atoms. The van der Waals surface area contributed by atoms with Gasteiger partial charge in [-0.25, -0.2) is 9.98 Å². The van der Waals surface area contributed by atoms with Gasteiger partial charge in [0.05, 0.1) is 6.10 Å². The number of nitrogens with one attached hydrogen (secondary N) is 1. The molecule has 0 aromatic rings. The Bertz CT molecular complexity index is 411. The molecule has 1 amide bonds. The summed E-state index contributed by atoms with van der Waals surface area (Å²) in [5, 5.41) is 2.71. The summed E-state index contributed by atoms with van der Waals surface area (Å²) >= 11 is 0. The van der Waals surface area contributed by atoms with Crippen LogP contribution in [0.25, 0.3) is 0 Å². The standard InChI is InChI=1S/C15H23N3O2/c1-6-13(20-5)10-8-9-12(3)11-18-15(19)14(16-4)17-7-2/h6-7,9,13H,1-2,4,8,10-11H2,3,5H3,(H,18,19)/b12-9+,17-14?. The lowest BCUT2D eigenvalue weighted by atomic mass is 10.1. The highest BCUT2D eigenvalue weighted by Crippen LogP contribution is 2.05. The molecule has 1 N–H and O–H groups in total. The monoisotopic (exact) mass is 277 g/mol. The molecule has 0 saturated carbocycles. The van der Waals surface area contributed by atoms with Crippen molar-refractivity contribution < 1.29 is 9.53 Å². The number of ether oxygens (including phenoxy) is 1. The SMILES string of the molecule is C=CN=C(N=C)C(=O)NC/C(C)=C/CCC(C=C)OC. The van der Waals surface area contributed by atoms with Crippen LogP contribution in [0.15, 0.2) is 47.1 Å². The van der Waals surface area contributed by atoms with Gasteiger partial charge in [0, 0.05) is 19.9 Å². The summed E-state index contributed by atoms with van der Waals surface area (Å²) in [6.45, 7) is 12.8. The highest BCUT2D eigenvalue weighted by Gasteiger charge is 2.07. The maximum Gasteiger partial charge on any atom is 0.289 e. The number of aliphatic imine (C=N–C) groups is 2. The van der Waals surface area contributed by atoms with Gasteiger partial charge in [0.2, 0.25) is 5.84 Å². The summed E-state index contributed by atoms with van der Waals surface area (Å²) in [6, 6.07) is 0. The number of carbonyl (C=O) groups is 1. The first-order valence-electron chi connectivity index (χ1n) is 6.33. The van der Waals surface area contributed by atoms with Crippen LogP contribution >= 0.6 is 0 Å². The van der Waals surface area contributed by atoms with Crippen LogP contribution in [-0.2, 0) is 9.53 Å². The molecule has 1 unspecified atom stereocenters. The molecular formula is C15H23N3O2. The molecule has 5 heteroatoms. The highest BCUT2D eigenvalue weighted by molar-refractivity contribution is 6.39. The van der Waals surface area contributed by atoms with Gasteiger partial charge < -0.3 is 10.1 Å². The van der Waals surface area contributed by atoms with Crippen molar-refractivity contribution in [3.05, 3.63) is 37.1 Å². The van der Waals surface area contributed by atoms with E-state index in [-0.39, 0.29) is 17.8 Å². The van der Waals surface area contributed by atoms with E-state index in [1.54, 1.807) is 13.2 Å². The lowest BCUT2D eigenvalue weighted by Gasteiger charge is -2.09. The largest absolute Gasteiger partial charge is 0.377 e. The van der Waals surface area contributed by atoms with E-state index in [4.69, 9.17) is 4.74 Å². The van der Waals surface area contributed by atoms with Crippen molar-refractivity contribution in [2.75, 3.05) is 13.7 Å². The van der Waals surface area contributed by atoms with Gasteiger partial charge >= 0.3 is 0 Å². The Kier molecular flexibility index (Phi) is 9.78. The molecule has 0 saturated heterocycles. The van der Waals surface area contributed by atoms with Crippen molar-refractivity contribution >= 4 is 18.5 Å². The topological polar surface area (TPSA) is 63.0 Å². The molecular weight excluding hydrogens is 254 g/mol. The first-order chi connectivity index (χ1) is 9.58. The first kappa shape index (κ1) is 18.0. The van der Waals surface area contributed by atoms with Crippen molar-refractivity contribution in [3.63, 3.8) is 0 Å². The summed E-state index contributed by atoms with van der Waals surface area (Å²) in [5.41, 5.74) is 1.05. The lowest BCUT2D eigenvalue weighted by Crippen LogP contribution is -2.31. The number of hydrogen-bond acceptors (Lipinski definition) is 3. The molecule has 0 fully saturated rings. The number of methoxy groups -OCH3 is 1. The summed E-state index contributed by atoms with van der Waals surface area (Å²) < 4.78 is 5.19. The average molecular weight is 277 g/mol. The fourth-order valence-electron chi connectivity index (χ4n) is 1.45. The Balaban J connectivity index is 4.21. The number of nitrogens with zero attached hydrogens (tertiary/aromatic N) is 2. The van der Waals surface area contributed by atoms with Gasteiger partial charge in [0.1, 0.15) is 0 Å². The van der Waals surface area contributed by atoms with Crippen LogP contribution in [0.4, 0.5) is 0 Å². The number of allylic oxidation sites excluding steroid dienone is 1. The lowest BCUT2D eigenvalue weighted by molar-refractivity contribution is -0.114. The van der Waals surface area contributed by atoms with E-state index in [1.807, 2.05) is 6.92 Å². The molecule has 5 nitrogen and oxygen atoms in total. The molecule has 0 radical (unpaired) electrons. The number of rotatable bonds is 8. The number of amidine groups is 1. The summed E-state index contributed by atoms with van der Waals surface area (Å²) in [6.07, 6.45) is 6.87. The summed E-state index contributed by atoms with van der Waals surface area (Å²) in [5.74, 6) is -0.354. The Morgan fingerprint density at radius 3 is 2.65 bits per heavy atom. The van der Waals surface area contributed by atoms with Crippen molar-refractivity contribution in [2.24, 2.45) is 9.98 Å². The van der Waals surface area contributed by atoms with Gasteiger partial charge in [-0.1, -0.05) is 24.3 Å². The van der Waals surface area contributed by atoms with Gasteiger partial charge in [0.15, 0.2) is 0 Å². The fraction of sp³-hybridized carbons (Fsp3) is 0.400. The number of carbonyl (C=O) groups excluding carboxylic acids is 1. The number of amides is 1. The van der Waals surface area contributed by atoms with Crippen molar-refractivity contribution in [1.29, 1.82) is 0 Å². The summed E-state index contributed by atoms with van der Waals surface area (Å²) in [4.78, 5) is 18.9. The normalized spacial score (nSPS) is 13.5. The fourth-order valence-corrected chi connectivity index (χ4v) is 1.45. The second-order valence-corrected chi connectivity index (χ2v) is 4.11. The maximum absolute atomic E-state index is 11.7. The highest BCUT2D eigenvalue weighted by atomic mass is 16.5. The van der Waals surface area contributed by atoms with Gasteiger partial charge in [-0.3, -0.25) is 4.79 Å². The third-order valence-electron chi connectivity index (χ3n) is 2.60. The Hall–Kier alpha value is -2.01. The maximum atomic E-state index is 11.7. The van der Waals surface area contributed by atoms with E-state index in [2.05, 4.69) is 41.3 Å². The predicted octanol–water partition coefficient (Wildman–Crippen LogP) is 2.27. The third kappa shape index (κ3) is 7.43. The van der Waals surface area contributed by atoms with Crippen LogP contribution in [0.1, 0.15) is 19.8 Å². The zero-order chi connectivity index (χ0) is 15.4. The van der Waals surface area contributed by atoms with Crippen LogP contribution in [0.3, 0.4) is 0 Å². The van der Waals surface area contributed by atoms with Crippen LogP contribution in [0.2, 0.25) is 0 Å². The molecule has 0 aliphatic heterocycles. The number of hydrogen-bond donors (Lipinski definition) is 1. The van der Waals surface area contributed by atoms with E-state index in [0.29, 0.717) is 6.54 Å². The quantitative estimate of drug-likeness (QED) is 0.420. The van der Waals surface area contributed by atoms with Gasteiger partial charge in [-0.15, -0.1) is 6.58 Å². The zero-order valence-corrected chi connectivity index (χ0v) is 12.3.